The van der Waals surface area contributed by atoms with E-state index < -0.39 is 0 Å². The summed E-state index contributed by atoms with van der Waals surface area (Å²) in [7, 11) is 0. The van der Waals surface area contributed by atoms with Gasteiger partial charge in [0.05, 0.1) is 0 Å². The summed E-state index contributed by atoms with van der Waals surface area (Å²) in [5.41, 5.74) is 2.01. The number of hydrogen-bond donors (Lipinski definition) is 1. The molecule has 1 aromatic carbocycles. The molecule has 0 radical (unpaired) electrons. The second-order valence-electron chi connectivity index (χ2n) is 7.89. The van der Waals surface area contributed by atoms with E-state index in [0.717, 1.165) is 24.2 Å². The van der Waals surface area contributed by atoms with Gasteiger partial charge >= 0.3 is 0 Å². The minimum atomic E-state index is -0.225. The van der Waals surface area contributed by atoms with Gasteiger partial charge in [0.1, 0.15) is 17.1 Å². The molecule has 2 aliphatic rings. The van der Waals surface area contributed by atoms with E-state index in [9.17, 15) is 5.11 Å². The third kappa shape index (κ3) is 3.13. The van der Waals surface area contributed by atoms with Crippen LogP contribution >= 0.6 is 0 Å². The third-order valence-corrected chi connectivity index (χ3v) is 5.49. The van der Waals surface area contributed by atoms with Crippen LogP contribution < -0.4 is 4.74 Å². The maximum absolute atomic E-state index is 10.7. The largest absolute Gasteiger partial charge is 0.508 e. The van der Waals surface area contributed by atoms with Gasteiger partial charge in [-0.2, -0.15) is 0 Å². The normalized spacial score (nSPS) is 28.6. The highest BCUT2D eigenvalue weighted by molar-refractivity contribution is 5.53. The van der Waals surface area contributed by atoms with Gasteiger partial charge in [0.2, 0.25) is 0 Å². The molecule has 0 aromatic heterocycles. The van der Waals surface area contributed by atoms with Crippen LogP contribution in [0.5, 0.6) is 11.5 Å². The SMILES string of the molecule is CCCCCc1cc(O)c2c(c1)OC1(C)C=CC(C(C)C)C2C1. The van der Waals surface area contributed by atoms with Crippen LogP contribution in [0.25, 0.3) is 0 Å². The van der Waals surface area contributed by atoms with Crippen molar-refractivity contribution < 1.29 is 9.84 Å². The van der Waals surface area contributed by atoms with E-state index in [1.54, 1.807) is 0 Å². The van der Waals surface area contributed by atoms with Crippen molar-refractivity contribution in [3.63, 3.8) is 0 Å². The van der Waals surface area contributed by atoms with Crippen molar-refractivity contribution in [1.29, 1.82) is 0 Å². The predicted octanol–water partition coefficient (Wildman–Crippen LogP) is 5.59. The Labute approximate surface area is 140 Å². The molecule has 0 saturated carbocycles. The Morgan fingerprint density at radius 3 is 2.78 bits per heavy atom. The molecule has 126 valence electrons. The predicted molar refractivity (Wildman–Crippen MR) is 95.2 cm³/mol. The number of allylic oxidation sites excluding steroid dienone is 1. The first-order chi connectivity index (χ1) is 10.9. The lowest BCUT2D eigenvalue weighted by atomic mass is 9.68. The topological polar surface area (TPSA) is 29.5 Å². The number of phenols is 1. The molecule has 3 atom stereocenters. The number of hydrogen-bond acceptors (Lipinski definition) is 2. The van der Waals surface area contributed by atoms with E-state index in [1.165, 1.54) is 24.8 Å². The van der Waals surface area contributed by atoms with E-state index >= 15 is 0 Å². The Balaban J connectivity index is 1.96. The van der Waals surface area contributed by atoms with Gasteiger partial charge in [-0.05, 0) is 61.8 Å². The van der Waals surface area contributed by atoms with Gasteiger partial charge in [-0.1, -0.05) is 39.7 Å². The fourth-order valence-corrected chi connectivity index (χ4v) is 4.25. The standard InChI is InChI=1S/C21H30O2/c1-5-6-7-8-15-11-18(22)20-17-13-21(4,23-19(20)12-15)10-9-16(17)14(2)3/h9-12,14,16-17,22H,5-8,13H2,1-4H3. The Bertz CT molecular complexity index is 602. The molecule has 2 bridgehead atoms. The van der Waals surface area contributed by atoms with Crippen molar-refractivity contribution in [2.75, 3.05) is 0 Å². The second kappa shape index (κ2) is 6.22. The molecule has 1 aliphatic carbocycles. The zero-order chi connectivity index (χ0) is 16.6. The first kappa shape index (κ1) is 16.4. The molecule has 3 rings (SSSR count). The summed E-state index contributed by atoms with van der Waals surface area (Å²) in [6, 6.07) is 4.14. The van der Waals surface area contributed by atoms with Gasteiger partial charge in [-0.3, -0.25) is 0 Å². The van der Waals surface area contributed by atoms with Crippen molar-refractivity contribution in [2.45, 2.75) is 71.3 Å². The molecule has 0 fully saturated rings. The Morgan fingerprint density at radius 2 is 2.09 bits per heavy atom. The highest BCUT2D eigenvalue weighted by Crippen LogP contribution is 2.53. The molecule has 23 heavy (non-hydrogen) atoms. The summed E-state index contributed by atoms with van der Waals surface area (Å²) in [5, 5.41) is 10.7. The number of aryl methyl sites for hydroxylation is 1. The van der Waals surface area contributed by atoms with Crippen LogP contribution in [0, 0.1) is 11.8 Å². The van der Waals surface area contributed by atoms with Gasteiger partial charge in [0.15, 0.2) is 0 Å². The zero-order valence-electron chi connectivity index (χ0n) is 14.9. The quantitative estimate of drug-likeness (QED) is 0.567. The summed E-state index contributed by atoms with van der Waals surface area (Å²) in [6.45, 7) is 8.91. The van der Waals surface area contributed by atoms with Gasteiger partial charge < -0.3 is 9.84 Å². The van der Waals surface area contributed by atoms with Gasteiger partial charge in [-0.25, -0.2) is 0 Å². The van der Waals surface area contributed by atoms with Crippen molar-refractivity contribution in [2.24, 2.45) is 11.8 Å². The van der Waals surface area contributed by atoms with Crippen molar-refractivity contribution >= 4 is 0 Å². The summed E-state index contributed by atoms with van der Waals surface area (Å²) in [5.74, 6) is 2.74. The molecule has 0 amide bonds. The van der Waals surface area contributed by atoms with E-state index in [2.05, 4.69) is 45.9 Å². The average molecular weight is 314 g/mol. The number of phenolic OH excluding ortho intramolecular Hbond substituents is 1. The lowest BCUT2D eigenvalue weighted by molar-refractivity contribution is 0.0745. The van der Waals surface area contributed by atoms with E-state index in [1.807, 2.05) is 6.07 Å². The molecule has 0 saturated heterocycles. The monoisotopic (exact) mass is 314 g/mol. The van der Waals surface area contributed by atoms with Gasteiger partial charge in [0.25, 0.3) is 0 Å². The number of ether oxygens (including phenoxy) is 1. The number of fused-ring (bicyclic) bond motifs is 4. The van der Waals surface area contributed by atoms with Crippen LogP contribution in [0.3, 0.4) is 0 Å². The number of unbranched alkanes of at least 4 members (excludes halogenated alkanes) is 2. The Hall–Kier alpha value is -1.44. The summed E-state index contributed by atoms with van der Waals surface area (Å²) in [4.78, 5) is 0. The van der Waals surface area contributed by atoms with Gasteiger partial charge in [-0.15, -0.1) is 0 Å². The van der Waals surface area contributed by atoms with Crippen LogP contribution in [-0.2, 0) is 6.42 Å². The van der Waals surface area contributed by atoms with E-state index in [4.69, 9.17) is 4.74 Å². The summed E-state index contributed by atoms with van der Waals surface area (Å²) >= 11 is 0. The molecule has 1 N–H and O–H groups in total. The second-order valence-corrected chi connectivity index (χ2v) is 7.89. The van der Waals surface area contributed by atoms with Crippen molar-refractivity contribution in [1.82, 2.24) is 0 Å². The molecular formula is C21H30O2. The zero-order valence-corrected chi connectivity index (χ0v) is 14.9. The highest BCUT2D eigenvalue weighted by atomic mass is 16.5. The van der Waals surface area contributed by atoms with Crippen molar-refractivity contribution in [3.05, 3.63) is 35.4 Å². The number of aromatic hydroxyl groups is 1. The lowest BCUT2D eigenvalue weighted by Gasteiger charge is -2.45. The first-order valence-corrected chi connectivity index (χ1v) is 9.17. The molecule has 2 nitrogen and oxygen atoms in total. The van der Waals surface area contributed by atoms with Crippen molar-refractivity contribution in [3.8, 4) is 11.5 Å². The minimum absolute atomic E-state index is 0.225. The lowest BCUT2D eigenvalue weighted by Crippen LogP contribution is -2.42. The van der Waals surface area contributed by atoms with E-state index in [-0.39, 0.29) is 5.60 Å². The fourth-order valence-electron chi connectivity index (χ4n) is 4.25. The molecule has 0 spiro atoms. The molecule has 1 aromatic rings. The summed E-state index contributed by atoms with van der Waals surface area (Å²) in [6.07, 6.45) is 10.1. The van der Waals surface area contributed by atoms with Crippen LogP contribution in [0.2, 0.25) is 0 Å². The Kier molecular flexibility index (Phi) is 4.44. The minimum Gasteiger partial charge on any atom is -0.508 e. The summed E-state index contributed by atoms with van der Waals surface area (Å²) < 4.78 is 6.30. The smallest absolute Gasteiger partial charge is 0.128 e. The molecular weight excluding hydrogens is 284 g/mol. The van der Waals surface area contributed by atoms with Crippen LogP contribution in [0.4, 0.5) is 0 Å². The first-order valence-electron chi connectivity index (χ1n) is 9.17. The highest BCUT2D eigenvalue weighted by Gasteiger charge is 2.44. The Morgan fingerprint density at radius 1 is 1.30 bits per heavy atom. The maximum atomic E-state index is 10.7. The fraction of sp³-hybridized carbons (Fsp3) is 0.619. The molecule has 1 heterocycles. The number of benzene rings is 1. The van der Waals surface area contributed by atoms with E-state index in [0.29, 0.717) is 23.5 Å². The average Bonchev–Trinajstić information content (AvgIpc) is 2.46. The molecule has 1 aliphatic heterocycles. The number of rotatable bonds is 5. The van der Waals surface area contributed by atoms with Crippen LogP contribution in [0.15, 0.2) is 24.3 Å². The van der Waals surface area contributed by atoms with Gasteiger partial charge in [0, 0.05) is 11.5 Å². The molecule has 2 heteroatoms. The molecule has 3 unspecified atom stereocenters. The van der Waals surface area contributed by atoms with Crippen LogP contribution in [-0.4, -0.2) is 10.7 Å². The third-order valence-electron chi connectivity index (χ3n) is 5.49. The maximum Gasteiger partial charge on any atom is 0.128 e. The van der Waals surface area contributed by atoms with Crippen LogP contribution in [0.1, 0.15) is 70.4 Å².